The quantitative estimate of drug-likeness (QED) is 0.659. The van der Waals surface area contributed by atoms with Crippen molar-refractivity contribution >= 4 is 32.6 Å². The Bertz CT molecular complexity index is 839. The van der Waals surface area contributed by atoms with Gasteiger partial charge in [0.15, 0.2) is 5.13 Å². The summed E-state index contributed by atoms with van der Waals surface area (Å²) in [4.78, 5) is 19.0. The van der Waals surface area contributed by atoms with Gasteiger partial charge in [-0.1, -0.05) is 24.3 Å². The first kappa shape index (κ1) is 16.5. The summed E-state index contributed by atoms with van der Waals surface area (Å²) >= 11 is 1.51. The first-order chi connectivity index (χ1) is 11.6. The highest BCUT2D eigenvalue weighted by Crippen LogP contribution is 2.37. The molecule has 24 heavy (non-hydrogen) atoms. The van der Waals surface area contributed by atoms with Crippen LogP contribution >= 0.6 is 11.3 Å². The molecule has 0 aliphatic carbocycles. The number of aryl methyl sites for hydroxylation is 1. The van der Waals surface area contributed by atoms with Crippen LogP contribution in [0.4, 0.5) is 5.13 Å². The van der Waals surface area contributed by atoms with E-state index in [1.165, 1.54) is 11.3 Å². The van der Waals surface area contributed by atoms with Gasteiger partial charge in [-0.2, -0.15) is 0 Å². The Morgan fingerprint density at radius 1 is 1.38 bits per heavy atom. The monoisotopic (exact) mass is 344 g/mol. The molecule has 0 spiro atoms. The first-order valence-electron chi connectivity index (χ1n) is 7.91. The molecule has 0 aliphatic heterocycles. The number of thiazole rings is 1. The lowest BCUT2D eigenvalue weighted by Crippen LogP contribution is -2.29. The summed E-state index contributed by atoms with van der Waals surface area (Å²) in [7, 11) is 1.63. The molecular formula is C18H20N2O3S. The average molecular weight is 344 g/mol. The maximum Gasteiger partial charge on any atom is 0.229 e. The van der Waals surface area contributed by atoms with Crippen LogP contribution < -0.4 is 9.64 Å². The number of hydrogen-bond donors (Lipinski definition) is 0. The third-order valence-electron chi connectivity index (χ3n) is 3.80. The van der Waals surface area contributed by atoms with Crippen molar-refractivity contribution in [2.45, 2.75) is 33.2 Å². The lowest BCUT2D eigenvalue weighted by atomic mass is 10.2. The molecule has 0 fully saturated rings. The number of fused-ring (bicyclic) bond motifs is 1. The smallest absolute Gasteiger partial charge is 0.229 e. The van der Waals surface area contributed by atoms with Crippen LogP contribution in [0.25, 0.3) is 10.2 Å². The number of amides is 1. The molecule has 2 heterocycles. The second-order valence-electron chi connectivity index (χ2n) is 5.57. The van der Waals surface area contributed by atoms with E-state index in [1.807, 2.05) is 38.1 Å². The van der Waals surface area contributed by atoms with Gasteiger partial charge < -0.3 is 9.15 Å². The zero-order valence-electron chi connectivity index (χ0n) is 14.0. The number of carbonyl (C=O) groups excluding carboxylic acids is 1. The summed E-state index contributed by atoms with van der Waals surface area (Å²) in [6, 6.07) is 7.61. The molecule has 0 N–H and O–H groups in total. The number of furan rings is 1. The molecular weight excluding hydrogens is 324 g/mol. The third kappa shape index (κ3) is 3.14. The van der Waals surface area contributed by atoms with Crippen LogP contribution in [0.15, 0.2) is 34.9 Å². The Morgan fingerprint density at radius 3 is 2.88 bits per heavy atom. The maximum absolute atomic E-state index is 12.6. The minimum absolute atomic E-state index is 0.0459. The summed E-state index contributed by atoms with van der Waals surface area (Å²) in [6.45, 7) is 4.41. The van der Waals surface area contributed by atoms with Crippen LogP contribution in [-0.4, -0.2) is 18.0 Å². The molecule has 0 unspecified atom stereocenters. The SMILES string of the molecule is CCCC(=O)N(Cc1ccco1)c1nc2c(OC)ccc(C)c2s1. The van der Waals surface area contributed by atoms with Crippen molar-refractivity contribution in [2.24, 2.45) is 0 Å². The number of anilines is 1. The van der Waals surface area contributed by atoms with E-state index in [4.69, 9.17) is 9.15 Å². The Balaban J connectivity index is 2.05. The van der Waals surface area contributed by atoms with E-state index >= 15 is 0 Å². The summed E-state index contributed by atoms with van der Waals surface area (Å²) < 4.78 is 11.9. The lowest BCUT2D eigenvalue weighted by Gasteiger charge is -2.18. The van der Waals surface area contributed by atoms with Crippen molar-refractivity contribution in [1.29, 1.82) is 0 Å². The number of aromatic nitrogens is 1. The van der Waals surface area contributed by atoms with Gasteiger partial charge in [0.2, 0.25) is 5.91 Å². The minimum atomic E-state index is 0.0459. The van der Waals surface area contributed by atoms with E-state index in [-0.39, 0.29) is 5.91 Å². The van der Waals surface area contributed by atoms with Crippen LogP contribution in [-0.2, 0) is 11.3 Å². The van der Waals surface area contributed by atoms with Crippen LogP contribution in [0.1, 0.15) is 31.1 Å². The van der Waals surface area contributed by atoms with Crippen molar-refractivity contribution in [3.05, 3.63) is 41.9 Å². The highest BCUT2D eigenvalue weighted by Gasteiger charge is 2.22. The van der Waals surface area contributed by atoms with Gasteiger partial charge in [-0.3, -0.25) is 9.69 Å². The van der Waals surface area contributed by atoms with Crippen molar-refractivity contribution < 1.29 is 13.9 Å². The van der Waals surface area contributed by atoms with Gasteiger partial charge in [-0.05, 0) is 37.1 Å². The fourth-order valence-corrected chi connectivity index (χ4v) is 3.62. The van der Waals surface area contributed by atoms with Crippen molar-refractivity contribution in [1.82, 2.24) is 4.98 Å². The predicted octanol–water partition coefficient (Wildman–Crippen LogP) is 4.54. The lowest BCUT2D eigenvalue weighted by molar-refractivity contribution is -0.118. The minimum Gasteiger partial charge on any atom is -0.494 e. The molecule has 0 bridgehead atoms. The molecule has 0 saturated carbocycles. The number of carbonyl (C=O) groups is 1. The van der Waals surface area contributed by atoms with E-state index in [1.54, 1.807) is 18.3 Å². The molecule has 3 aromatic rings. The van der Waals surface area contributed by atoms with Gasteiger partial charge in [0.05, 0.1) is 24.6 Å². The molecule has 0 aliphatic rings. The zero-order chi connectivity index (χ0) is 17.1. The highest BCUT2D eigenvalue weighted by atomic mass is 32.1. The molecule has 2 aromatic heterocycles. The van der Waals surface area contributed by atoms with Gasteiger partial charge in [0.25, 0.3) is 0 Å². The second-order valence-corrected chi connectivity index (χ2v) is 6.55. The molecule has 1 aromatic carbocycles. The fourth-order valence-electron chi connectivity index (χ4n) is 2.55. The van der Waals surface area contributed by atoms with Crippen molar-refractivity contribution in [3.8, 4) is 5.75 Å². The topological polar surface area (TPSA) is 55.6 Å². The van der Waals surface area contributed by atoms with E-state index in [2.05, 4.69) is 4.98 Å². The summed E-state index contributed by atoms with van der Waals surface area (Å²) in [6.07, 6.45) is 2.89. The molecule has 1 amide bonds. The summed E-state index contributed by atoms with van der Waals surface area (Å²) in [5.74, 6) is 1.51. The second kappa shape index (κ2) is 7.05. The standard InChI is InChI=1S/C18H20N2O3S/c1-4-6-15(21)20(11-13-7-5-10-23-13)18-19-16-14(22-3)9-8-12(2)17(16)24-18/h5,7-10H,4,6,11H2,1-3H3. The van der Waals surface area contributed by atoms with Crippen LogP contribution in [0.3, 0.4) is 0 Å². The highest BCUT2D eigenvalue weighted by molar-refractivity contribution is 7.22. The Kier molecular flexibility index (Phi) is 4.85. The van der Waals surface area contributed by atoms with Crippen molar-refractivity contribution in [3.63, 3.8) is 0 Å². The number of methoxy groups -OCH3 is 1. The molecule has 0 atom stereocenters. The van der Waals surface area contributed by atoms with Crippen LogP contribution in [0, 0.1) is 6.92 Å². The molecule has 126 valence electrons. The van der Waals surface area contributed by atoms with Gasteiger partial charge >= 0.3 is 0 Å². The number of hydrogen-bond acceptors (Lipinski definition) is 5. The van der Waals surface area contributed by atoms with Gasteiger partial charge in [0, 0.05) is 6.42 Å². The van der Waals surface area contributed by atoms with Gasteiger partial charge in [0.1, 0.15) is 17.0 Å². The van der Waals surface area contributed by atoms with Crippen LogP contribution in [0.5, 0.6) is 5.75 Å². The number of nitrogens with zero attached hydrogens (tertiary/aromatic N) is 2. The van der Waals surface area contributed by atoms with E-state index in [0.717, 1.165) is 33.7 Å². The molecule has 6 heteroatoms. The number of benzene rings is 1. The fraction of sp³-hybridized carbons (Fsp3) is 0.333. The van der Waals surface area contributed by atoms with Gasteiger partial charge in [-0.25, -0.2) is 4.98 Å². The maximum atomic E-state index is 12.6. The molecule has 0 radical (unpaired) electrons. The Hall–Kier alpha value is -2.34. The van der Waals surface area contributed by atoms with Gasteiger partial charge in [-0.15, -0.1) is 0 Å². The van der Waals surface area contributed by atoms with E-state index in [0.29, 0.717) is 18.1 Å². The summed E-state index contributed by atoms with van der Waals surface area (Å²) in [5.41, 5.74) is 1.92. The van der Waals surface area contributed by atoms with Crippen molar-refractivity contribution in [2.75, 3.05) is 12.0 Å². The normalized spacial score (nSPS) is 11.0. The zero-order valence-corrected chi connectivity index (χ0v) is 14.9. The first-order valence-corrected chi connectivity index (χ1v) is 8.72. The van der Waals surface area contributed by atoms with E-state index in [9.17, 15) is 4.79 Å². The number of rotatable bonds is 6. The molecule has 0 saturated heterocycles. The van der Waals surface area contributed by atoms with Crippen LogP contribution in [0.2, 0.25) is 0 Å². The average Bonchev–Trinajstić information content (AvgIpc) is 3.23. The summed E-state index contributed by atoms with van der Waals surface area (Å²) in [5, 5.41) is 0.674. The molecule has 3 rings (SSSR count). The largest absolute Gasteiger partial charge is 0.494 e. The van der Waals surface area contributed by atoms with E-state index < -0.39 is 0 Å². The Labute approximate surface area is 144 Å². The number of ether oxygens (including phenoxy) is 1. The molecule has 5 nitrogen and oxygen atoms in total. The third-order valence-corrected chi connectivity index (χ3v) is 5.02. The predicted molar refractivity (Wildman–Crippen MR) is 95.7 cm³/mol. The Morgan fingerprint density at radius 2 is 2.21 bits per heavy atom.